The first-order valence-electron chi connectivity index (χ1n) is 8.37. The maximum Gasteiger partial charge on any atom is 0.407 e. The Morgan fingerprint density at radius 3 is 2.00 bits per heavy atom. The molecule has 0 rings (SSSR count). The van der Waals surface area contributed by atoms with E-state index in [1.165, 1.54) is 0 Å². The van der Waals surface area contributed by atoms with E-state index < -0.39 is 29.2 Å². The molecule has 24 heavy (non-hydrogen) atoms. The Balaban J connectivity index is 4.52. The molecule has 0 spiro atoms. The second kappa shape index (κ2) is 10.1. The van der Waals surface area contributed by atoms with Crippen LogP contribution in [0.3, 0.4) is 0 Å². The second-order valence-electron chi connectivity index (χ2n) is 6.60. The first-order chi connectivity index (χ1) is 11.1. The Morgan fingerprint density at radius 2 is 1.54 bits per heavy atom. The van der Waals surface area contributed by atoms with Crippen LogP contribution in [-0.2, 0) is 9.53 Å². The van der Waals surface area contributed by atoms with Gasteiger partial charge in [0.2, 0.25) is 5.91 Å². The Hall–Kier alpha value is -1.83. The molecule has 0 radical (unpaired) electrons. The van der Waals surface area contributed by atoms with Gasteiger partial charge < -0.3 is 20.7 Å². The number of urea groups is 1. The molecular weight excluding hydrogens is 312 g/mol. The lowest BCUT2D eigenvalue weighted by Gasteiger charge is -2.33. The average Bonchev–Trinajstić information content (AvgIpc) is 2.46. The lowest BCUT2D eigenvalue weighted by Crippen LogP contribution is -2.56. The maximum atomic E-state index is 11.8. The van der Waals surface area contributed by atoms with Gasteiger partial charge in [0.25, 0.3) is 0 Å². The summed E-state index contributed by atoms with van der Waals surface area (Å²) in [4.78, 5) is 34.9. The number of carbonyl (C=O) groups is 3. The molecule has 4 amide bonds. The molecule has 0 fully saturated rings. The second-order valence-corrected chi connectivity index (χ2v) is 6.60. The van der Waals surface area contributed by atoms with Gasteiger partial charge >= 0.3 is 12.1 Å². The molecule has 0 aromatic heterocycles. The van der Waals surface area contributed by atoms with Gasteiger partial charge in [-0.15, -0.1) is 0 Å². The van der Waals surface area contributed by atoms with Crippen molar-refractivity contribution < 1.29 is 19.1 Å². The summed E-state index contributed by atoms with van der Waals surface area (Å²) in [6.45, 7) is 11.8. The van der Waals surface area contributed by atoms with Crippen molar-refractivity contribution in [2.24, 2.45) is 0 Å². The molecule has 0 aromatic rings. The van der Waals surface area contributed by atoms with Gasteiger partial charge in [-0.3, -0.25) is 10.1 Å². The fourth-order valence-corrected chi connectivity index (χ4v) is 2.01. The van der Waals surface area contributed by atoms with E-state index >= 15 is 0 Å². The Kier molecular flexibility index (Phi) is 9.35. The molecular formula is C16H32N4O4. The van der Waals surface area contributed by atoms with Gasteiger partial charge in [-0.05, 0) is 40.5 Å². The van der Waals surface area contributed by atoms with Crippen molar-refractivity contribution in [3.05, 3.63) is 0 Å². The van der Waals surface area contributed by atoms with Crippen LogP contribution in [-0.4, -0.2) is 48.8 Å². The number of alkyl carbamates (subject to hydrolysis) is 1. The molecule has 0 aliphatic heterocycles. The zero-order valence-electron chi connectivity index (χ0n) is 15.7. The number of carbonyl (C=O) groups excluding carboxylic acids is 3. The molecule has 8 heteroatoms. The van der Waals surface area contributed by atoms with Gasteiger partial charge in [-0.25, -0.2) is 9.59 Å². The highest BCUT2D eigenvalue weighted by atomic mass is 16.6. The summed E-state index contributed by atoms with van der Waals surface area (Å²) in [5.74, 6) is -0.426. The van der Waals surface area contributed by atoms with Crippen LogP contribution >= 0.6 is 0 Å². The van der Waals surface area contributed by atoms with Crippen LogP contribution in [0.25, 0.3) is 0 Å². The summed E-state index contributed by atoms with van der Waals surface area (Å²) in [5, 5.41) is 10.6. The fraction of sp³-hybridized carbons (Fsp3) is 0.812. The number of amides is 4. The minimum Gasteiger partial charge on any atom is -0.444 e. The average molecular weight is 344 g/mol. The minimum atomic E-state index is -0.564. The summed E-state index contributed by atoms with van der Waals surface area (Å²) < 4.78 is 5.22. The number of hydrogen-bond acceptors (Lipinski definition) is 5. The monoisotopic (exact) mass is 344 g/mol. The highest BCUT2D eigenvalue weighted by Crippen LogP contribution is 2.14. The van der Waals surface area contributed by atoms with Crippen molar-refractivity contribution >= 4 is 18.0 Å². The summed E-state index contributed by atoms with van der Waals surface area (Å²) in [6, 6.07) is -0.519. The van der Waals surface area contributed by atoms with Crippen LogP contribution in [0.2, 0.25) is 0 Å². The smallest absolute Gasteiger partial charge is 0.407 e. The summed E-state index contributed by atoms with van der Waals surface area (Å²) in [6.07, 6.45) is 0.906. The number of rotatable bonds is 8. The summed E-state index contributed by atoms with van der Waals surface area (Å²) in [7, 11) is 0. The molecule has 140 valence electrons. The molecule has 4 N–H and O–H groups in total. The van der Waals surface area contributed by atoms with Crippen molar-refractivity contribution in [3.8, 4) is 0 Å². The maximum absolute atomic E-state index is 11.8. The SMILES string of the molecule is CCNC(=O)NC(=O)CNC(CC)(CC)CNC(=O)OC(C)(C)C. The predicted octanol–water partition coefficient (Wildman–Crippen LogP) is 1.51. The highest BCUT2D eigenvalue weighted by molar-refractivity contribution is 5.95. The first-order valence-corrected chi connectivity index (χ1v) is 8.37. The van der Waals surface area contributed by atoms with Crippen LogP contribution in [0.1, 0.15) is 54.4 Å². The topological polar surface area (TPSA) is 109 Å². The van der Waals surface area contributed by atoms with Crippen LogP contribution in [0.15, 0.2) is 0 Å². The number of nitrogens with one attached hydrogen (secondary N) is 4. The number of hydrogen-bond donors (Lipinski definition) is 4. The Labute approximate surface area is 144 Å². The van der Waals surface area contributed by atoms with E-state index in [1.807, 2.05) is 13.8 Å². The zero-order chi connectivity index (χ0) is 18.8. The largest absolute Gasteiger partial charge is 0.444 e. The van der Waals surface area contributed by atoms with E-state index in [2.05, 4.69) is 21.3 Å². The lowest BCUT2D eigenvalue weighted by molar-refractivity contribution is -0.119. The summed E-state index contributed by atoms with van der Waals surface area (Å²) >= 11 is 0. The van der Waals surface area contributed by atoms with Gasteiger partial charge in [0, 0.05) is 18.6 Å². The fourth-order valence-electron chi connectivity index (χ4n) is 2.01. The van der Waals surface area contributed by atoms with Gasteiger partial charge in [0.05, 0.1) is 6.54 Å². The Morgan fingerprint density at radius 1 is 0.958 bits per heavy atom. The van der Waals surface area contributed by atoms with E-state index in [9.17, 15) is 14.4 Å². The van der Waals surface area contributed by atoms with Gasteiger partial charge in [0.1, 0.15) is 5.60 Å². The standard InChI is InChI=1S/C16H32N4O4/c1-7-16(8-2,11-18-14(23)24-15(4,5)6)19-10-12(21)20-13(22)17-9-3/h19H,7-11H2,1-6H3,(H,18,23)(H2,17,20,21,22). The molecule has 8 nitrogen and oxygen atoms in total. The van der Waals surface area contributed by atoms with Gasteiger partial charge in [-0.2, -0.15) is 0 Å². The molecule has 0 aliphatic rings. The third-order valence-corrected chi connectivity index (χ3v) is 3.54. The van der Waals surface area contributed by atoms with Crippen LogP contribution in [0.5, 0.6) is 0 Å². The normalized spacial score (nSPS) is 11.6. The van der Waals surface area contributed by atoms with Crippen LogP contribution in [0, 0.1) is 0 Å². The molecule has 0 atom stereocenters. The van der Waals surface area contributed by atoms with Crippen LogP contribution in [0.4, 0.5) is 9.59 Å². The summed E-state index contributed by atoms with van der Waals surface area (Å²) in [5.41, 5.74) is -1.01. The highest BCUT2D eigenvalue weighted by Gasteiger charge is 2.28. The van der Waals surface area contributed by atoms with Crippen molar-refractivity contribution in [3.63, 3.8) is 0 Å². The predicted molar refractivity (Wildman–Crippen MR) is 92.8 cm³/mol. The van der Waals surface area contributed by atoms with Crippen molar-refractivity contribution in [2.45, 2.75) is 65.5 Å². The minimum absolute atomic E-state index is 0.0190. The van der Waals surface area contributed by atoms with E-state index in [-0.39, 0.29) is 6.54 Å². The van der Waals surface area contributed by atoms with E-state index in [0.717, 1.165) is 0 Å². The molecule has 0 aliphatic carbocycles. The zero-order valence-corrected chi connectivity index (χ0v) is 15.7. The quantitative estimate of drug-likeness (QED) is 0.534. The van der Waals surface area contributed by atoms with Crippen molar-refractivity contribution in [2.75, 3.05) is 19.6 Å². The Bertz CT molecular complexity index is 428. The lowest BCUT2D eigenvalue weighted by atomic mass is 9.92. The first kappa shape index (κ1) is 22.2. The molecule has 0 bridgehead atoms. The molecule has 0 aromatic carbocycles. The van der Waals surface area contributed by atoms with Gasteiger partial charge in [0.15, 0.2) is 0 Å². The third kappa shape index (κ3) is 9.34. The molecule has 0 unspecified atom stereocenters. The van der Waals surface area contributed by atoms with E-state index in [4.69, 9.17) is 4.74 Å². The van der Waals surface area contributed by atoms with Crippen molar-refractivity contribution in [1.82, 2.24) is 21.3 Å². The third-order valence-electron chi connectivity index (χ3n) is 3.54. The number of ether oxygens (including phenoxy) is 1. The number of imide groups is 1. The molecule has 0 heterocycles. The molecule has 0 saturated carbocycles. The van der Waals surface area contributed by atoms with Crippen molar-refractivity contribution in [1.29, 1.82) is 0 Å². The van der Waals surface area contributed by atoms with E-state index in [1.54, 1.807) is 27.7 Å². The molecule has 0 saturated heterocycles. The van der Waals surface area contributed by atoms with E-state index in [0.29, 0.717) is 25.9 Å². The van der Waals surface area contributed by atoms with Gasteiger partial charge in [-0.1, -0.05) is 13.8 Å². The van der Waals surface area contributed by atoms with Crippen LogP contribution < -0.4 is 21.3 Å².